The van der Waals surface area contributed by atoms with Gasteiger partial charge in [0.1, 0.15) is 6.10 Å². The molecule has 0 spiro atoms. The second-order valence-electron chi connectivity index (χ2n) is 6.60. The Morgan fingerprint density at radius 2 is 1.27 bits per heavy atom. The molecule has 2 atom stereocenters. The molecular formula is C16H10ClF12NO3. The van der Waals surface area contributed by atoms with Crippen molar-refractivity contribution in [1.29, 1.82) is 0 Å². The fourth-order valence-electron chi connectivity index (χ4n) is 2.98. The van der Waals surface area contributed by atoms with Crippen molar-refractivity contribution in [2.75, 3.05) is 4.90 Å². The first-order chi connectivity index (χ1) is 14.7. The van der Waals surface area contributed by atoms with E-state index in [1.807, 2.05) is 0 Å². The van der Waals surface area contributed by atoms with Crippen molar-refractivity contribution in [3.63, 3.8) is 0 Å². The van der Waals surface area contributed by atoms with Gasteiger partial charge in [-0.15, -0.1) is 0 Å². The molecule has 0 N–H and O–H groups in total. The molecule has 1 aliphatic rings. The van der Waals surface area contributed by atoms with Crippen LogP contribution in [-0.4, -0.2) is 49.0 Å². The van der Waals surface area contributed by atoms with E-state index in [1.165, 1.54) is 0 Å². The van der Waals surface area contributed by atoms with E-state index in [9.17, 15) is 57.5 Å². The van der Waals surface area contributed by atoms with Crippen LogP contribution in [0.1, 0.15) is 18.6 Å². The molecule has 1 aromatic carbocycles. The highest BCUT2D eigenvalue weighted by Crippen LogP contribution is 2.49. The van der Waals surface area contributed by atoms with Gasteiger partial charge in [-0.25, -0.2) is 0 Å². The van der Waals surface area contributed by atoms with Gasteiger partial charge in [0.05, 0.1) is 5.69 Å². The van der Waals surface area contributed by atoms with E-state index in [-0.39, 0.29) is 9.92 Å². The molecule has 0 unspecified atom stereocenters. The number of halogens is 13. The minimum atomic E-state index is -6.20. The molecule has 0 radical (unpaired) electrons. The number of carbonyl (C=O) groups excluding carboxylic acids is 1. The highest BCUT2D eigenvalue weighted by atomic mass is 35.5. The van der Waals surface area contributed by atoms with E-state index >= 15 is 0 Å². The Balaban J connectivity index is 2.68. The smallest absolute Gasteiger partial charge is 0.348 e. The molecule has 0 aliphatic carbocycles. The normalized spacial score (nSPS) is 20.1. The Morgan fingerprint density at radius 1 is 0.848 bits per heavy atom. The molecule has 1 aliphatic heterocycles. The predicted molar refractivity (Wildman–Crippen MR) is 85.1 cm³/mol. The van der Waals surface area contributed by atoms with Gasteiger partial charge in [0.2, 0.25) is 12.0 Å². The summed E-state index contributed by atoms with van der Waals surface area (Å²) >= 11 is 5.65. The molecule has 4 nitrogen and oxygen atoms in total. The van der Waals surface area contributed by atoms with E-state index in [0.717, 1.165) is 12.1 Å². The third-order valence-electron chi connectivity index (χ3n) is 4.16. The van der Waals surface area contributed by atoms with Gasteiger partial charge < -0.3 is 9.47 Å². The van der Waals surface area contributed by atoms with Crippen molar-refractivity contribution in [1.82, 2.24) is 0 Å². The zero-order valence-corrected chi connectivity index (χ0v) is 16.4. The number of hydrogen-bond donors (Lipinski definition) is 0. The molecule has 1 amide bonds. The Bertz CT molecular complexity index is 851. The van der Waals surface area contributed by atoms with Gasteiger partial charge >= 0.3 is 24.7 Å². The average molecular weight is 528 g/mol. The maximum absolute atomic E-state index is 13.0. The number of amides is 1. The van der Waals surface area contributed by atoms with Gasteiger partial charge in [-0.1, -0.05) is 17.7 Å². The lowest BCUT2D eigenvalue weighted by Crippen LogP contribution is -2.53. The van der Waals surface area contributed by atoms with Gasteiger partial charge in [-0.2, -0.15) is 52.7 Å². The number of hydrogen-bond acceptors (Lipinski definition) is 3. The van der Waals surface area contributed by atoms with Crippen LogP contribution < -0.4 is 4.90 Å². The van der Waals surface area contributed by atoms with Crippen LogP contribution in [0.5, 0.6) is 0 Å². The Labute approximate surface area is 181 Å². The molecule has 2 rings (SSSR count). The Hall–Kier alpha value is -1.94. The third-order valence-corrected chi connectivity index (χ3v) is 4.39. The number of alkyl halides is 12. The van der Waals surface area contributed by atoms with Crippen LogP contribution >= 0.6 is 11.6 Å². The van der Waals surface area contributed by atoms with Gasteiger partial charge in [-0.3, -0.25) is 9.69 Å². The highest BCUT2D eigenvalue weighted by molar-refractivity contribution is 6.31. The molecule has 0 saturated heterocycles. The number of rotatable bonds is 4. The second-order valence-corrected chi connectivity index (χ2v) is 7.04. The minimum Gasteiger partial charge on any atom is -0.348 e. The summed E-state index contributed by atoms with van der Waals surface area (Å²) in [5, 5.41) is -0.300. The number of anilines is 1. The summed E-state index contributed by atoms with van der Waals surface area (Å²) in [7, 11) is 0. The standard InChI is InChI=1S/C16H10ClF12NO3/c1-5(31)30-8-4-6(17)2-3-7(8)9(32-11(13(18,19)20)14(21,22)23)10(30)33-12(15(24,25)26)16(27,28)29/h2-4,9-12H,1H3/t9-,10+/m0/s1. The summed E-state index contributed by atoms with van der Waals surface area (Å²) in [5.41, 5.74) is -1.49. The molecule has 17 heteroatoms. The molecule has 1 heterocycles. The van der Waals surface area contributed by atoms with E-state index in [4.69, 9.17) is 11.6 Å². The molecule has 33 heavy (non-hydrogen) atoms. The zero-order chi connectivity index (χ0) is 25.7. The lowest BCUT2D eigenvalue weighted by Gasteiger charge is -2.34. The summed E-state index contributed by atoms with van der Waals surface area (Å²) in [6.07, 6.45) is -39.9. The van der Waals surface area contributed by atoms with Crippen LogP contribution in [0.25, 0.3) is 0 Å². The number of ether oxygens (including phenoxy) is 2. The summed E-state index contributed by atoms with van der Waals surface area (Å²) in [6, 6.07) is 2.27. The van der Waals surface area contributed by atoms with E-state index in [0.29, 0.717) is 13.0 Å². The van der Waals surface area contributed by atoms with Gasteiger partial charge in [-0.05, 0) is 12.1 Å². The van der Waals surface area contributed by atoms with Crippen molar-refractivity contribution < 1.29 is 67.0 Å². The van der Waals surface area contributed by atoms with Crippen LogP contribution in [0.15, 0.2) is 18.2 Å². The predicted octanol–water partition coefficient (Wildman–Crippen LogP) is 6.09. The van der Waals surface area contributed by atoms with Crippen LogP contribution in [0.4, 0.5) is 58.4 Å². The lowest BCUT2D eigenvalue weighted by atomic mass is 10.1. The molecule has 188 valence electrons. The van der Waals surface area contributed by atoms with Crippen LogP contribution in [0, 0.1) is 0 Å². The van der Waals surface area contributed by atoms with Crippen molar-refractivity contribution >= 4 is 23.2 Å². The van der Waals surface area contributed by atoms with Crippen LogP contribution in [-0.2, 0) is 14.3 Å². The maximum atomic E-state index is 13.0. The van der Waals surface area contributed by atoms with E-state index in [2.05, 4.69) is 9.47 Å². The van der Waals surface area contributed by atoms with Gasteiger partial charge in [0.25, 0.3) is 6.10 Å². The zero-order valence-electron chi connectivity index (χ0n) is 15.6. The average Bonchev–Trinajstić information content (AvgIpc) is 2.85. The van der Waals surface area contributed by atoms with Crippen LogP contribution in [0.2, 0.25) is 5.02 Å². The summed E-state index contributed by atoms with van der Waals surface area (Å²) in [4.78, 5) is 12.0. The first-order valence-corrected chi connectivity index (χ1v) is 8.70. The fourth-order valence-corrected chi connectivity index (χ4v) is 3.15. The number of carbonyl (C=O) groups is 1. The SMILES string of the molecule is CC(=O)N1c2cc(Cl)ccc2[C@H](OC(C(F)(F)F)C(F)(F)F)[C@H]1OC(C(F)(F)F)C(F)(F)F. The number of fused-ring (bicyclic) bond motifs is 1. The molecule has 0 aromatic heterocycles. The fraction of sp³-hybridized carbons (Fsp3) is 0.562. The Morgan fingerprint density at radius 3 is 1.67 bits per heavy atom. The number of nitrogens with zero attached hydrogens (tertiary/aromatic N) is 1. The Kier molecular flexibility index (Phi) is 7.19. The van der Waals surface area contributed by atoms with Crippen LogP contribution in [0.3, 0.4) is 0 Å². The lowest BCUT2D eigenvalue weighted by molar-refractivity contribution is -0.356. The first-order valence-electron chi connectivity index (χ1n) is 8.32. The van der Waals surface area contributed by atoms with Crippen molar-refractivity contribution in [3.8, 4) is 0 Å². The molecule has 0 bridgehead atoms. The summed E-state index contributed by atoms with van der Waals surface area (Å²) < 4.78 is 164. The first kappa shape index (κ1) is 27.3. The summed E-state index contributed by atoms with van der Waals surface area (Å²) in [6.45, 7) is 0.574. The third kappa shape index (κ3) is 5.95. The minimum absolute atomic E-state index is 0.000167. The molecule has 1 aromatic rings. The molecule has 0 saturated carbocycles. The molecular weight excluding hydrogens is 518 g/mol. The van der Waals surface area contributed by atoms with Crippen molar-refractivity contribution in [2.24, 2.45) is 0 Å². The summed E-state index contributed by atoms with van der Waals surface area (Å²) in [5.74, 6) is -1.38. The monoisotopic (exact) mass is 527 g/mol. The van der Waals surface area contributed by atoms with E-state index < -0.39 is 66.4 Å². The highest BCUT2D eigenvalue weighted by Gasteiger charge is 2.63. The van der Waals surface area contributed by atoms with E-state index in [1.54, 1.807) is 0 Å². The largest absolute Gasteiger partial charge is 0.423 e. The van der Waals surface area contributed by atoms with Crippen molar-refractivity contribution in [2.45, 2.75) is 56.2 Å². The maximum Gasteiger partial charge on any atom is 0.423 e. The van der Waals surface area contributed by atoms with Crippen molar-refractivity contribution in [3.05, 3.63) is 28.8 Å². The van der Waals surface area contributed by atoms with Gasteiger partial charge in [0, 0.05) is 17.5 Å². The quantitative estimate of drug-likeness (QED) is 0.445. The number of benzene rings is 1. The van der Waals surface area contributed by atoms with Gasteiger partial charge in [0.15, 0.2) is 6.23 Å². The topological polar surface area (TPSA) is 38.8 Å². The second kappa shape index (κ2) is 8.69. The molecule has 0 fully saturated rings.